The first-order valence-electron chi connectivity index (χ1n) is 7.06. The molecule has 11 heteroatoms. The third-order valence-electron chi connectivity index (χ3n) is 3.53. The summed E-state index contributed by atoms with van der Waals surface area (Å²) < 4.78 is 0. The van der Waals surface area contributed by atoms with Gasteiger partial charge in [-0.05, 0) is 24.8 Å². The Bertz CT molecular complexity index is 907. The highest BCUT2D eigenvalue weighted by Gasteiger charge is 2.21. The highest BCUT2D eigenvalue weighted by molar-refractivity contribution is 7.18. The Kier molecular flexibility index (Phi) is 7.56. The van der Waals surface area contributed by atoms with Crippen LogP contribution in [0.2, 0.25) is 0 Å². The molecule has 1 aliphatic carbocycles. The minimum Gasteiger partial charge on any atom is -0.475 e. The van der Waals surface area contributed by atoms with Crippen molar-refractivity contribution in [1.82, 2.24) is 19.9 Å². The molecule has 0 fully saturated rings. The van der Waals surface area contributed by atoms with Crippen LogP contribution >= 0.6 is 36.2 Å². The number of halogens is 2. The molecular formula is C14H17Cl2N5O3S. The lowest BCUT2D eigenvalue weighted by Gasteiger charge is -1.95. The number of rotatable bonds is 2. The number of fused-ring (bicyclic) bond motifs is 3. The number of hydrogen-bond donors (Lipinski definition) is 4. The molecule has 5 N–H and O–H groups in total. The molecule has 0 unspecified atom stereocenters. The van der Waals surface area contributed by atoms with Crippen LogP contribution in [0.4, 0.5) is 0 Å². The average molecular weight is 406 g/mol. The SMILES string of the molecule is Cl.Cl.NCc1ncc[nH]1.O=C(O)c1nc2sc3c(c2c(=O)[nH]1)CCC3. The summed E-state index contributed by atoms with van der Waals surface area (Å²) in [6.07, 6.45) is 6.37. The second-order valence-electron chi connectivity index (χ2n) is 5.00. The number of aryl methyl sites for hydroxylation is 2. The number of nitrogens with zero attached hydrogens (tertiary/aromatic N) is 2. The van der Waals surface area contributed by atoms with Crippen molar-refractivity contribution in [2.45, 2.75) is 25.8 Å². The minimum absolute atomic E-state index is 0. The van der Waals surface area contributed by atoms with Crippen molar-refractivity contribution in [2.75, 3.05) is 0 Å². The van der Waals surface area contributed by atoms with Crippen LogP contribution in [0.3, 0.4) is 0 Å². The van der Waals surface area contributed by atoms with E-state index in [1.807, 2.05) is 0 Å². The normalized spacial score (nSPS) is 11.7. The Balaban J connectivity index is 0.000000299. The maximum absolute atomic E-state index is 11.8. The predicted octanol–water partition coefficient (Wildman–Crippen LogP) is 1.88. The Morgan fingerprint density at radius 3 is 2.68 bits per heavy atom. The number of carboxylic acids is 1. The van der Waals surface area contributed by atoms with Gasteiger partial charge in [-0.2, -0.15) is 0 Å². The summed E-state index contributed by atoms with van der Waals surface area (Å²) >= 11 is 1.44. The van der Waals surface area contributed by atoms with Gasteiger partial charge in [-0.15, -0.1) is 36.2 Å². The van der Waals surface area contributed by atoms with Gasteiger partial charge in [0.1, 0.15) is 10.7 Å². The molecule has 0 saturated heterocycles. The number of nitrogens with two attached hydrogens (primary N) is 1. The molecule has 8 nitrogen and oxygen atoms in total. The average Bonchev–Trinajstić information content (AvgIpc) is 3.23. The second-order valence-corrected chi connectivity index (χ2v) is 6.08. The first-order chi connectivity index (χ1) is 11.1. The van der Waals surface area contributed by atoms with E-state index in [0.29, 0.717) is 16.8 Å². The van der Waals surface area contributed by atoms with Gasteiger partial charge in [0.2, 0.25) is 5.82 Å². The topological polar surface area (TPSA) is 138 Å². The highest BCUT2D eigenvalue weighted by Crippen LogP contribution is 2.34. The molecule has 0 amide bonds. The summed E-state index contributed by atoms with van der Waals surface area (Å²) in [6.45, 7) is 0.493. The van der Waals surface area contributed by atoms with E-state index in [4.69, 9.17) is 10.8 Å². The van der Waals surface area contributed by atoms with Gasteiger partial charge < -0.3 is 20.8 Å². The van der Waals surface area contributed by atoms with Gasteiger partial charge in [0.15, 0.2) is 0 Å². The van der Waals surface area contributed by atoms with Crippen molar-refractivity contribution in [1.29, 1.82) is 0 Å². The quantitative estimate of drug-likeness (QED) is 0.513. The van der Waals surface area contributed by atoms with Gasteiger partial charge in [0, 0.05) is 17.3 Å². The van der Waals surface area contributed by atoms with E-state index in [-0.39, 0.29) is 36.2 Å². The van der Waals surface area contributed by atoms with Gasteiger partial charge in [0.05, 0.1) is 11.9 Å². The third-order valence-corrected chi connectivity index (χ3v) is 4.71. The van der Waals surface area contributed by atoms with Gasteiger partial charge in [-0.25, -0.2) is 14.8 Å². The van der Waals surface area contributed by atoms with Gasteiger partial charge in [-0.1, -0.05) is 0 Å². The molecule has 3 heterocycles. The van der Waals surface area contributed by atoms with Crippen molar-refractivity contribution in [3.8, 4) is 0 Å². The maximum Gasteiger partial charge on any atom is 0.372 e. The summed E-state index contributed by atoms with van der Waals surface area (Å²) in [5.74, 6) is -0.648. The zero-order valence-corrected chi connectivity index (χ0v) is 15.4. The van der Waals surface area contributed by atoms with E-state index in [1.165, 1.54) is 16.2 Å². The molecule has 0 aromatic carbocycles. The van der Waals surface area contributed by atoms with Gasteiger partial charge >= 0.3 is 5.97 Å². The van der Waals surface area contributed by atoms with E-state index >= 15 is 0 Å². The van der Waals surface area contributed by atoms with E-state index in [1.54, 1.807) is 12.4 Å². The fraction of sp³-hybridized carbons (Fsp3) is 0.286. The van der Waals surface area contributed by atoms with Crippen molar-refractivity contribution >= 4 is 52.3 Å². The number of aromatic amines is 2. The Morgan fingerprint density at radius 1 is 1.36 bits per heavy atom. The predicted molar refractivity (Wildman–Crippen MR) is 100 cm³/mol. The van der Waals surface area contributed by atoms with Crippen LogP contribution in [0.1, 0.15) is 33.3 Å². The van der Waals surface area contributed by atoms with Gasteiger partial charge in [-0.3, -0.25) is 4.79 Å². The highest BCUT2D eigenvalue weighted by atomic mass is 35.5. The van der Waals surface area contributed by atoms with Crippen LogP contribution < -0.4 is 11.3 Å². The smallest absolute Gasteiger partial charge is 0.372 e. The molecule has 3 aromatic heterocycles. The third kappa shape index (κ3) is 4.37. The number of carboxylic acid groups (broad SMARTS) is 1. The van der Waals surface area contributed by atoms with Crippen molar-refractivity contribution in [2.24, 2.45) is 5.73 Å². The Hall–Kier alpha value is -1.94. The molecule has 136 valence electrons. The lowest BCUT2D eigenvalue weighted by molar-refractivity contribution is 0.0683. The molecule has 1 aliphatic rings. The van der Waals surface area contributed by atoms with E-state index < -0.39 is 5.97 Å². The second kappa shape index (κ2) is 8.95. The van der Waals surface area contributed by atoms with Gasteiger partial charge in [0.25, 0.3) is 5.56 Å². The molecule has 0 saturated carbocycles. The van der Waals surface area contributed by atoms with Crippen LogP contribution in [0.5, 0.6) is 0 Å². The number of aromatic carboxylic acids is 1. The fourth-order valence-electron chi connectivity index (χ4n) is 2.51. The molecule has 0 aliphatic heterocycles. The fourth-order valence-corrected chi connectivity index (χ4v) is 3.78. The molecule has 0 radical (unpaired) electrons. The summed E-state index contributed by atoms with van der Waals surface area (Å²) in [5.41, 5.74) is 5.93. The van der Waals surface area contributed by atoms with Crippen LogP contribution in [0.25, 0.3) is 10.2 Å². The summed E-state index contributed by atoms with van der Waals surface area (Å²) in [5, 5.41) is 9.37. The lowest BCUT2D eigenvalue weighted by atomic mass is 10.2. The minimum atomic E-state index is -1.20. The lowest BCUT2D eigenvalue weighted by Crippen LogP contribution is -2.15. The Labute approximate surface area is 158 Å². The van der Waals surface area contributed by atoms with Crippen LogP contribution in [-0.2, 0) is 19.4 Å². The number of hydrogen-bond acceptors (Lipinski definition) is 6. The number of aromatic nitrogens is 4. The number of thiophene rings is 1. The van der Waals surface area contributed by atoms with Crippen LogP contribution in [-0.4, -0.2) is 31.0 Å². The van der Waals surface area contributed by atoms with Crippen molar-refractivity contribution in [3.05, 3.63) is 44.8 Å². The molecule has 4 rings (SSSR count). The molecular weight excluding hydrogens is 389 g/mol. The molecule has 0 bridgehead atoms. The number of H-pyrrole nitrogens is 2. The van der Waals surface area contributed by atoms with E-state index in [2.05, 4.69) is 19.9 Å². The summed E-state index contributed by atoms with van der Waals surface area (Å²) in [4.78, 5) is 37.2. The van der Waals surface area contributed by atoms with E-state index in [9.17, 15) is 9.59 Å². The maximum atomic E-state index is 11.8. The zero-order chi connectivity index (χ0) is 16.4. The van der Waals surface area contributed by atoms with E-state index in [0.717, 1.165) is 30.7 Å². The number of carbonyl (C=O) groups is 1. The number of nitrogens with one attached hydrogen (secondary N) is 2. The zero-order valence-electron chi connectivity index (χ0n) is 12.9. The van der Waals surface area contributed by atoms with Crippen LogP contribution in [0, 0.1) is 0 Å². The molecule has 0 spiro atoms. The first kappa shape index (κ1) is 21.1. The van der Waals surface area contributed by atoms with Crippen molar-refractivity contribution in [3.63, 3.8) is 0 Å². The summed E-state index contributed by atoms with van der Waals surface area (Å²) in [6, 6.07) is 0. The Morgan fingerprint density at radius 2 is 2.12 bits per heavy atom. The largest absolute Gasteiger partial charge is 0.475 e. The molecule has 0 atom stereocenters. The first-order valence-corrected chi connectivity index (χ1v) is 7.88. The number of imidazole rings is 1. The van der Waals surface area contributed by atoms with Crippen LogP contribution in [0.15, 0.2) is 17.2 Å². The molecule has 3 aromatic rings. The molecule has 25 heavy (non-hydrogen) atoms. The summed E-state index contributed by atoms with van der Waals surface area (Å²) in [7, 11) is 0. The standard InChI is InChI=1S/C10H8N2O3S.C4H7N3.2ClH/c13-8-6-4-2-1-3-5(4)16-9(6)12-7(11-8)10(14)15;5-3-4-6-1-2-7-4;;/h1-3H2,(H,14,15)(H,11,12,13);1-2H,3,5H2,(H,6,7);2*1H. The monoisotopic (exact) mass is 405 g/mol. The van der Waals surface area contributed by atoms with Crippen molar-refractivity contribution < 1.29 is 9.90 Å².